The van der Waals surface area contributed by atoms with E-state index in [0.29, 0.717) is 31.5 Å². The predicted molar refractivity (Wildman–Crippen MR) is 126 cm³/mol. The van der Waals surface area contributed by atoms with Gasteiger partial charge in [-0.3, -0.25) is 4.79 Å². The molecule has 2 aliphatic rings. The molecular weight excluding hydrogens is 521 g/mol. The molecular formula is C24H24ClF3N2O5S. The molecule has 0 heterocycles. The number of amides is 2. The fourth-order valence-electron chi connectivity index (χ4n) is 5.41. The van der Waals surface area contributed by atoms with Crippen molar-refractivity contribution in [1.29, 1.82) is 0 Å². The Hall–Kier alpha value is -2.79. The number of ether oxygens (including phenoxy) is 1. The fraction of sp³-hybridized carbons (Fsp3) is 0.417. The summed E-state index contributed by atoms with van der Waals surface area (Å²) >= 11 is 6.26. The van der Waals surface area contributed by atoms with E-state index in [1.807, 2.05) is 0 Å². The molecule has 7 nitrogen and oxygen atoms in total. The zero-order valence-corrected chi connectivity index (χ0v) is 20.8. The van der Waals surface area contributed by atoms with Gasteiger partial charge in [-0.15, -0.1) is 0 Å². The maximum Gasteiger partial charge on any atom is 0.406 e. The molecule has 2 fully saturated rings. The van der Waals surface area contributed by atoms with E-state index in [9.17, 15) is 31.2 Å². The highest BCUT2D eigenvalue weighted by Gasteiger charge is 2.50. The van der Waals surface area contributed by atoms with Crippen LogP contribution in [0.4, 0.5) is 23.7 Å². The Kier molecular flexibility index (Phi) is 7.51. The first kappa shape index (κ1) is 26.3. The average molecular weight is 545 g/mol. The molecule has 4 atom stereocenters. The van der Waals surface area contributed by atoms with E-state index in [-0.39, 0.29) is 38.9 Å². The Morgan fingerprint density at radius 2 is 1.67 bits per heavy atom. The molecule has 2 saturated carbocycles. The summed E-state index contributed by atoms with van der Waals surface area (Å²) in [6.45, 7) is 0.396. The molecule has 2 unspecified atom stereocenters. The lowest BCUT2D eigenvalue weighted by atomic mass is 9.80. The molecule has 2 aromatic rings. The summed E-state index contributed by atoms with van der Waals surface area (Å²) in [4.78, 5) is 23.9. The molecule has 2 amide bonds. The highest BCUT2D eigenvalue weighted by Crippen LogP contribution is 2.50. The number of fused-ring (bicyclic) bond motifs is 2. The normalized spacial score (nSPS) is 23.2. The molecule has 2 N–H and O–H groups in total. The fourth-order valence-corrected chi connectivity index (χ4v) is 8.28. The highest BCUT2D eigenvalue weighted by atomic mass is 35.5. The molecule has 0 aromatic heterocycles. The number of carbonyl (C=O) groups is 2. The first-order valence-corrected chi connectivity index (χ1v) is 13.2. The number of sulfone groups is 1. The Balaban J connectivity index is 1.54. The lowest BCUT2D eigenvalue weighted by molar-refractivity contribution is 0.102. The van der Waals surface area contributed by atoms with Crippen LogP contribution in [0.15, 0.2) is 35.2 Å². The van der Waals surface area contributed by atoms with Gasteiger partial charge in [-0.2, -0.15) is 0 Å². The maximum atomic E-state index is 13.7. The number of benzene rings is 2. The van der Waals surface area contributed by atoms with E-state index < -0.39 is 44.5 Å². The number of rotatable bonds is 6. The maximum absolute atomic E-state index is 13.7. The number of nitrogens with one attached hydrogen (secondary N) is 2. The first-order valence-electron chi connectivity index (χ1n) is 11.3. The second kappa shape index (κ2) is 10.3. The molecule has 2 bridgehead atoms. The summed E-state index contributed by atoms with van der Waals surface area (Å²) < 4.78 is 72.2. The van der Waals surface area contributed by atoms with E-state index in [4.69, 9.17) is 11.6 Å². The number of carbonyl (C=O) groups excluding carboxylic acids is 2. The summed E-state index contributed by atoms with van der Waals surface area (Å²) in [6.07, 6.45) is 2.14. The molecule has 2 aliphatic carbocycles. The number of alkyl carbamates (subject to hydrolysis) is 1. The third-order valence-corrected chi connectivity index (χ3v) is 9.81. The number of hydrogen-bond donors (Lipinski definition) is 2. The Morgan fingerprint density at radius 1 is 1.06 bits per heavy atom. The van der Waals surface area contributed by atoms with Crippen LogP contribution in [0, 0.1) is 35.2 Å². The number of hydrogen-bond acceptors (Lipinski definition) is 5. The first-order chi connectivity index (χ1) is 17.0. The Bertz CT molecular complexity index is 1270. The van der Waals surface area contributed by atoms with Crippen molar-refractivity contribution in [2.45, 2.75) is 35.8 Å². The minimum absolute atomic E-state index is 0.0423. The van der Waals surface area contributed by atoms with Gasteiger partial charge in [0.15, 0.2) is 27.3 Å². The summed E-state index contributed by atoms with van der Waals surface area (Å²) in [6, 6.07) is 4.96. The average Bonchev–Trinajstić information content (AvgIpc) is 3.12. The molecule has 194 valence electrons. The topological polar surface area (TPSA) is 102 Å². The third-order valence-electron chi connectivity index (χ3n) is 6.93. The van der Waals surface area contributed by atoms with Crippen LogP contribution in [0.25, 0.3) is 0 Å². The second-order valence-corrected chi connectivity index (χ2v) is 11.7. The van der Waals surface area contributed by atoms with Crippen LogP contribution in [0.3, 0.4) is 0 Å². The van der Waals surface area contributed by atoms with Crippen LogP contribution in [0.5, 0.6) is 0 Å². The molecule has 2 aromatic carbocycles. The smallest absolute Gasteiger partial charge is 0.406 e. The molecule has 0 radical (unpaired) electrons. The van der Waals surface area contributed by atoms with E-state index in [1.54, 1.807) is 0 Å². The number of anilines is 1. The molecule has 4 rings (SSSR count). The van der Waals surface area contributed by atoms with E-state index in [1.165, 1.54) is 19.2 Å². The van der Waals surface area contributed by atoms with Crippen molar-refractivity contribution in [3.05, 3.63) is 58.4 Å². The Labute approximate surface area is 211 Å². The van der Waals surface area contributed by atoms with Crippen LogP contribution in [0.2, 0.25) is 5.02 Å². The number of methoxy groups -OCH3 is 1. The van der Waals surface area contributed by atoms with Crippen LogP contribution in [-0.4, -0.2) is 39.3 Å². The van der Waals surface area contributed by atoms with Crippen LogP contribution in [0.1, 0.15) is 36.0 Å². The van der Waals surface area contributed by atoms with Gasteiger partial charge in [0.05, 0.1) is 22.3 Å². The van der Waals surface area contributed by atoms with Gasteiger partial charge >= 0.3 is 6.09 Å². The van der Waals surface area contributed by atoms with Gasteiger partial charge in [0.1, 0.15) is 0 Å². The monoisotopic (exact) mass is 544 g/mol. The molecule has 36 heavy (non-hydrogen) atoms. The van der Waals surface area contributed by atoms with Gasteiger partial charge in [0.25, 0.3) is 5.91 Å². The predicted octanol–water partition coefficient (Wildman–Crippen LogP) is 4.94. The summed E-state index contributed by atoms with van der Waals surface area (Å²) in [5, 5.41) is 4.19. The molecule has 12 heteroatoms. The zero-order chi connectivity index (χ0) is 26.2. The lowest BCUT2D eigenvalue weighted by Gasteiger charge is -2.35. The van der Waals surface area contributed by atoms with Gasteiger partial charge < -0.3 is 15.4 Å². The van der Waals surface area contributed by atoms with Gasteiger partial charge in [-0.1, -0.05) is 11.6 Å². The summed E-state index contributed by atoms with van der Waals surface area (Å²) in [7, 11) is -2.65. The largest absolute Gasteiger partial charge is 0.453 e. The quantitative estimate of drug-likeness (QED) is 0.501. The van der Waals surface area contributed by atoms with Crippen molar-refractivity contribution in [1.82, 2.24) is 5.32 Å². The van der Waals surface area contributed by atoms with Crippen molar-refractivity contribution < 1.29 is 35.9 Å². The molecule has 0 spiro atoms. The third kappa shape index (κ3) is 5.17. The second-order valence-electron chi connectivity index (χ2n) is 9.17. The molecule has 0 aliphatic heterocycles. The van der Waals surface area contributed by atoms with Crippen molar-refractivity contribution in [3.8, 4) is 0 Å². The van der Waals surface area contributed by atoms with E-state index in [0.717, 1.165) is 18.9 Å². The van der Waals surface area contributed by atoms with Gasteiger partial charge in [-0.25, -0.2) is 26.4 Å². The van der Waals surface area contributed by atoms with Gasteiger partial charge in [-0.05, 0) is 61.6 Å². The molecule has 0 saturated heterocycles. The van der Waals surface area contributed by atoms with Crippen LogP contribution in [-0.2, 0) is 14.6 Å². The number of halogens is 4. The standard InChI is InChI=1S/C24H24ClF3N2O5S/c1-35-24(32)29-11-12-6-13-2-3-14(7-12)22(13)36(33,34)20-8-15(4-5-17(20)25)23(31)30-16-9-18(26)21(28)19(27)10-16/h4-5,8-10,12-14,22H,2-3,6-7,11H2,1H3,(H,29,32)(H,30,31)/t12-,13-,14?,22?/m0/s1. The summed E-state index contributed by atoms with van der Waals surface area (Å²) in [5.41, 5.74) is -0.417. The minimum Gasteiger partial charge on any atom is -0.453 e. The highest BCUT2D eigenvalue weighted by molar-refractivity contribution is 7.92. The minimum atomic E-state index is -3.93. The Morgan fingerprint density at radius 3 is 2.25 bits per heavy atom. The SMILES string of the molecule is COC(=O)NC[C@@H]1CC2CC[C@@H](C1)C2S(=O)(=O)c1cc(C(=O)Nc2cc(F)c(F)c(F)c2)ccc1Cl. The van der Waals surface area contributed by atoms with Crippen molar-refractivity contribution in [2.24, 2.45) is 17.8 Å². The van der Waals surface area contributed by atoms with Crippen molar-refractivity contribution in [3.63, 3.8) is 0 Å². The van der Waals surface area contributed by atoms with Crippen molar-refractivity contribution >= 4 is 39.1 Å². The van der Waals surface area contributed by atoms with Gasteiger partial charge in [0.2, 0.25) is 0 Å². The van der Waals surface area contributed by atoms with Crippen molar-refractivity contribution in [2.75, 3.05) is 19.0 Å². The van der Waals surface area contributed by atoms with Crippen LogP contribution >= 0.6 is 11.6 Å². The van der Waals surface area contributed by atoms with E-state index >= 15 is 0 Å². The van der Waals surface area contributed by atoms with E-state index in [2.05, 4.69) is 15.4 Å². The zero-order valence-electron chi connectivity index (χ0n) is 19.2. The lowest BCUT2D eigenvalue weighted by Crippen LogP contribution is -2.41. The van der Waals surface area contributed by atoms with Crippen LogP contribution < -0.4 is 10.6 Å². The van der Waals surface area contributed by atoms with Gasteiger partial charge in [0, 0.05) is 29.9 Å². The summed E-state index contributed by atoms with van der Waals surface area (Å²) in [5.74, 6) is -5.59.